The van der Waals surface area contributed by atoms with Crippen molar-refractivity contribution in [1.29, 1.82) is 0 Å². The van der Waals surface area contributed by atoms with Crippen LogP contribution >= 0.6 is 0 Å². The predicted molar refractivity (Wildman–Crippen MR) is 73.3 cm³/mol. The first-order valence-electron chi connectivity index (χ1n) is 7.75. The van der Waals surface area contributed by atoms with Crippen molar-refractivity contribution in [3.05, 3.63) is 0 Å². The van der Waals surface area contributed by atoms with Crippen molar-refractivity contribution in [2.45, 2.75) is 51.6 Å². The number of ether oxygens (including phenoxy) is 4. The summed E-state index contributed by atoms with van der Waals surface area (Å²) in [6.07, 6.45) is -21.8. The van der Waals surface area contributed by atoms with Gasteiger partial charge in [-0.1, -0.05) is 0 Å². The van der Waals surface area contributed by atoms with Crippen molar-refractivity contribution in [3.8, 4) is 0 Å². The molecule has 0 saturated carbocycles. The molecule has 4 nitrogen and oxygen atoms in total. The molecular formula is C13H14F12O4Te. The Morgan fingerprint density at radius 1 is 0.567 bits per heavy atom. The Labute approximate surface area is 171 Å². The molecule has 0 bridgehead atoms. The SMILES string of the molecule is FC(F)(F)COC1(OCC(F)(F)F)CCC[Te]C1(OCC(F)(F)F)OCC(F)(F)F. The van der Waals surface area contributed by atoms with Crippen molar-refractivity contribution in [2.75, 3.05) is 26.4 Å². The van der Waals surface area contributed by atoms with Crippen LogP contribution in [0.4, 0.5) is 52.7 Å². The van der Waals surface area contributed by atoms with Gasteiger partial charge in [0, 0.05) is 0 Å². The molecule has 0 N–H and O–H groups in total. The topological polar surface area (TPSA) is 36.9 Å². The van der Waals surface area contributed by atoms with E-state index in [2.05, 4.69) is 18.9 Å². The van der Waals surface area contributed by atoms with Gasteiger partial charge in [0.05, 0.1) is 0 Å². The second-order valence-corrected chi connectivity index (χ2v) is 9.40. The van der Waals surface area contributed by atoms with E-state index in [4.69, 9.17) is 0 Å². The summed E-state index contributed by atoms with van der Waals surface area (Å²) in [4.78, 5) is 0. The monoisotopic (exact) mass is 592 g/mol. The molecule has 1 heterocycles. The van der Waals surface area contributed by atoms with Crippen LogP contribution in [0.2, 0.25) is 4.47 Å². The molecule has 1 aliphatic heterocycles. The van der Waals surface area contributed by atoms with Crippen LogP contribution < -0.4 is 0 Å². The molecule has 0 aromatic carbocycles. The molecule has 1 saturated heterocycles. The van der Waals surface area contributed by atoms with Gasteiger partial charge in [-0.2, -0.15) is 0 Å². The van der Waals surface area contributed by atoms with Crippen molar-refractivity contribution in [3.63, 3.8) is 0 Å². The van der Waals surface area contributed by atoms with Gasteiger partial charge in [-0.15, -0.1) is 0 Å². The third-order valence-corrected chi connectivity index (χ3v) is 7.25. The zero-order chi connectivity index (χ0) is 23.5. The molecule has 180 valence electrons. The Hall–Kier alpha value is -0.210. The van der Waals surface area contributed by atoms with Crippen LogP contribution in [0, 0.1) is 0 Å². The molecule has 1 fully saturated rings. The molecule has 1 aliphatic rings. The predicted octanol–water partition coefficient (Wildman–Crippen LogP) is 4.57. The van der Waals surface area contributed by atoms with E-state index >= 15 is 0 Å². The number of hydrogen-bond donors (Lipinski definition) is 0. The van der Waals surface area contributed by atoms with Crippen molar-refractivity contribution in [2.24, 2.45) is 0 Å². The van der Waals surface area contributed by atoms with Crippen LogP contribution in [0.1, 0.15) is 12.8 Å². The van der Waals surface area contributed by atoms with Crippen molar-refractivity contribution < 1.29 is 71.6 Å². The van der Waals surface area contributed by atoms with Gasteiger partial charge >= 0.3 is 171 Å². The van der Waals surface area contributed by atoms with Crippen LogP contribution in [-0.2, 0) is 18.9 Å². The molecule has 0 spiro atoms. The van der Waals surface area contributed by atoms with Crippen LogP contribution in [0.5, 0.6) is 0 Å². The fraction of sp³-hybridized carbons (Fsp3) is 1.00. The molecule has 0 aromatic heterocycles. The van der Waals surface area contributed by atoms with Gasteiger partial charge in [-0.3, -0.25) is 0 Å². The van der Waals surface area contributed by atoms with E-state index in [1.165, 1.54) is 0 Å². The average molecular weight is 590 g/mol. The Bertz CT molecular complexity index is 458. The fourth-order valence-electron chi connectivity index (χ4n) is 2.23. The van der Waals surface area contributed by atoms with E-state index in [9.17, 15) is 52.7 Å². The molecule has 17 heteroatoms. The Balaban J connectivity index is 3.38. The van der Waals surface area contributed by atoms with Gasteiger partial charge in [-0.25, -0.2) is 0 Å². The second kappa shape index (κ2) is 9.73. The quantitative estimate of drug-likeness (QED) is 0.236. The molecule has 0 aromatic rings. The summed E-state index contributed by atoms with van der Waals surface area (Å²) < 4.78 is 166. The number of halogens is 12. The van der Waals surface area contributed by atoms with E-state index < -0.39 is 88.1 Å². The van der Waals surface area contributed by atoms with Crippen LogP contribution in [0.3, 0.4) is 0 Å². The normalized spacial score (nSPS) is 20.4. The van der Waals surface area contributed by atoms with Crippen LogP contribution in [-0.4, -0.2) is 81.7 Å². The van der Waals surface area contributed by atoms with Gasteiger partial charge in [-0.05, 0) is 0 Å². The first-order chi connectivity index (χ1) is 13.3. The van der Waals surface area contributed by atoms with Crippen molar-refractivity contribution >= 4 is 20.9 Å². The summed E-state index contributed by atoms with van der Waals surface area (Å²) in [5.74, 6) is -3.28. The Kier molecular flexibility index (Phi) is 9.03. The zero-order valence-corrected chi connectivity index (χ0v) is 16.9. The number of alkyl halides is 12. The van der Waals surface area contributed by atoms with Gasteiger partial charge in [0.1, 0.15) is 0 Å². The van der Waals surface area contributed by atoms with E-state index in [-0.39, 0.29) is 10.9 Å². The first-order valence-corrected chi connectivity index (χ1v) is 10.6. The summed E-state index contributed by atoms with van der Waals surface area (Å²) >= 11 is -2.39. The first kappa shape index (κ1) is 27.8. The molecular weight excluding hydrogens is 576 g/mol. The minimum atomic E-state index is -5.19. The Morgan fingerprint density at radius 3 is 1.23 bits per heavy atom. The van der Waals surface area contributed by atoms with E-state index in [1.54, 1.807) is 0 Å². The summed E-state index contributed by atoms with van der Waals surface area (Å²) in [5, 5.41) is 0. The Morgan fingerprint density at radius 2 is 0.900 bits per heavy atom. The summed E-state index contributed by atoms with van der Waals surface area (Å²) in [7, 11) is 0. The van der Waals surface area contributed by atoms with Crippen LogP contribution in [0.15, 0.2) is 0 Å². The van der Waals surface area contributed by atoms with E-state index in [0.717, 1.165) is 0 Å². The summed E-state index contributed by atoms with van der Waals surface area (Å²) in [6.45, 7) is -9.24. The number of hydrogen-bond acceptors (Lipinski definition) is 4. The van der Waals surface area contributed by atoms with Gasteiger partial charge in [0.25, 0.3) is 0 Å². The molecule has 0 amide bonds. The molecule has 1 rings (SSSR count). The summed E-state index contributed by atoms with van der Waals surface area (Å²) in [5.41, 5.74) is 0. The van der Waals surface area contributed by atoms with Gasteiger partial charge < -0.3 is 0 Å². The van der Waals surface area contributed by atoms with Crippen molar-refractivity contribution in [1.82, 2.24) is 0 Å². The third-order valence-electron chi connectivity index (χ3n) is 3.20. The maximum absolute atomic E-state index is 12.6. The average Bonchev–Trinajstić information content (AvgIpc) is 2.53. The molecule has 0 unspecified atom stereocenters. The maximum atomic E-state index is 12.6. The fourth-order valence-corrected chi connectivity index (χ4v) is 5.89. The minimum absolute atomic E-state index is 0.118. The zero-order valence-electron chi connectivity index (χ0n) is 14.5. The van der Waals surface area contributed by atoms with Crippen LogP contribution in [0.25, 0.3) is 0 Å². The van der Waals surface area contributed by atoms with E-state index in [1.807, 2.05) is 0 Å². The third kappa shape index (κ3) is 9.51. The standard InChI is InChI=1S/C13H14F12O4Te/c14-9(15,16)4-26-8(27-5-10(17,18)19)2-1-3-30-13(8,28-6-11(20,21)22)29-7-12(23,24)25/h1-7H2. The second-order valence-electron chi connectivity index (χ2n) is 5.88. The molecule has 0 atom stereocenters. The van der Waals surface area contributed by atoms with Gasteiger partial charge in [0.15, 0.2) is 0 Å². The molecule has 0 aliphatic carbocycles. The van der Waals surface area contributed by atoms with E-state index in [0.29, 0.717) is 0 Å². The van der Waals surface area contributed by atoms with Gasteiger partial charge in [0.2, 0.25) is 0 Å². The molecule has 30 heavy (non-hydrogen) atoms. The summed E-state index contributed by atoms with van der Waals surface area (Å²) in [6, 6.07) is 0. The number of rotatable bonds is 8. The molecule has 0 radical (unpaired) electrons.